The summed E-state index contributed by atoms with van der Waals surface area (Å²) in [7, 11) is 1.65. The second-order valence-corrected chi connectivity index (χ2v) is 10.8. The molecule has 200 valence electrons. The van der Waals surface area contributed by atoms with Crippen molar-refractivity contribution in [3.8, 4) is 17.5 Å². The number of H-pyrrole nitrogens is 1. The van der Waals surface area contributed by atoms with Gasteiger partial charge in [0.05, 0.1) is 17.3 Å². The van der Waals surface area contributed by atoms with Gasteiger partial charge >= 0.3 is 6.03 Å². The Kier molecular flexibility index (Phi) is 6.50. The van der Waals surface area contributed by atoms with Crippen LogP contribution in [-0.4, -0.2) is 68.0 Å². The molecule has 2 aliphatic rings. The van der Waals surface area contributed by atoms with Crippen LogP contribution in [-0.2, 0) is 11.3 Å². The molecule has 1 spiro atoms. The van der Waals surface area contributed by atoms with E-state index in [9.17, 15) is 14.9 Å². The number of rotatable bonds is 5. The first-order chi connectivity index (χ1) is 19.3. The highest BCUT2D eigenvalue weighted by atomic mass is 35.5. The number of halogens is 2. The Balaban J connectivity index is 1.42. The summed E-state index contributed by atoms with van der Waals surface area (Å²) in [5.74, 6) is -0.190. The molecular formula is C28H22Cl2N8O2. The molecule has 3 amide bonds. The lowest BCUT2D eigenvalue weighted by molar-refractivity contribution is -0.124. The van der Waals surface area contributed by atoms with E-state index in [1.807, 2.05) is 36.4 Å². The summed E-state index contributed by atoms with van der Waals surface area (Å²) < 4.78 is 0. The van der Waals surface area contributed by atoms with Crippen LogP contribution in [0, 0.1) is 11.3 Å². The number of aromatic nitrogens is 4. The van der Waals surface area contributed by atoms with E-state index in [-0.39, 0.29) is 18.4 Å². The van der Waals surface area contributed by atoms with Gasteiger partial charge in [-0.25, -0.2) is 14.8 Å². The fourth-order valence-electron chi connectivity index (χ4n) is 5.82. The highest BCUT2D eigenvalue weighted by molar-refractivity contribution is 6.35. The van der Waals surface area contributed by atoms with E-state index in [0.29, 0.717) is 40.2 Å². The number of tetrazole rings is 1. The summed E-state index contributed by atoms with van der Waals surface area (Å²) in [6.07, 6.45) is 0. The van der Waals surface area contributed by atoms with Gasteiger partial charge < -0.3 is 4.90 Å². The van der Waals surface area contributed by atoms with Crippen molar-refractivity contribution in [2.75, 3.05) is 25.0 Å². The van der Waals surface area contributed by atoms with Crippen molar-refractivity contribution in [2.45, 2.75) is 18.0 Å². The van der Waals surface area contributed by atoms with Crippen molar-refractivity contribution < 1.29 is 9.59 Å². The van der Waals surface area contributed by atoms with Crippen LogP contribution < -0.4 is 4.90 Å². The van der Waals surface area contributed by atoms with Crippen molar-refractivity contribution in [1.82, 2.24) is 30.4 Å². The molecule has 0 bridgehead atoms. The predicted octanol–water partition coefficient (Wildman–Crippen LogP) is 4.48. The third kappa shape index (κ3) is 4.19. The van der Waals surface area contributed by atoms with Crippen molar-refractivity contribution in [1.29, 1.82) is 5.26 Å². The Morgan fingerprint density at radius 1 is 1.07 bits per heavy atom. The summed E-state index contributed by atoms with van der Waals surface area (Å²) in [6, 6.07) is 21.3. The number of carbonyl (C=O) groups is 2. The molecule has 0 aliphatic carbocycles. The zero-order valence-electron chi connectivity index (χ0n) is 21.3. The number of nitriles is 1. The van der Waals surface area contributed by atoms with Crippen molar-refractivity contribution in [3.05, 3.63) is 93.5 Å². The number of benzene rings is 3. The van der Waals surface area contributed by atoms with Crippen LogP contribution >= 0.6 is 23.2 Å². The molecule has 0 radical (unpaired) electrons. The maximum atomic E-state index is 14.4. The molecule has 1 N–H and O–H groups in total. The quantitative estimate of drug-likeness (QED) is 0.350. The number of nitrogens with zero attached hydrogens (tertiary/aromatic N) is 7. The number of amides is 3. The maximum absolute atomic E-state index is 14.4. The average molecular weight is 573 g/mol. The van der Waals surface area contributed by atoms with Gasteiger partial charge in [0.15, 0.2) is 5.82 Å². The van der Waals surface area contributed by atoms with Gasteiger partial charge in [0.2, 0.25) is 0 Å². The van der Waals surface area contributed by atoms with Gasteiger partial charge in [-0.15, -0.1) is 5.10 Å². The molecule has 2 saturated heterocycles. The Morgan fingerprint density at radius 2 is 1.80 bits per heavy atom. The van der Waals surface area contributed by atoms with Crippen LogP contribution in [0.4, 0.5) is 10.5 Å². The number of imide groups is 1. The fourth-order valence-corrected chi connectivity index (χ4v) is 6.33. The number of carbonyl (C=O) groups excluding carboxylic acids is 2. The Hall–Kier alpha value is -4.30. The van der Waals surface area contributed by atoms with Gasteiger partial charge in [-0.05, 0) is 51.9 Å². The number of hydrogen-bond acceptors (Lipinski definition) is 7. The number of urea groups is 1. The summed E-state index contributed by atoms with van der Waals surface area (Å²) >= 11 is 12.5. The van der Waals surface area contributed by atoms with E-state index in [2.05, 4.69) is 31.6 Å². The van der Waals surface area contributed by atoms with E-state index in [1.54, 1.807) is 37.4 Å². The highest BCUT2D eigenvalue weighted by Gasteiger charge is 2.64. The smallest absolute Gasteiger partial charge is 0.310 e. The molecule has 2 aliphatic heterocycles. The van der Waals surface area contributed by atoms with Gasteiger partial charge in [-0.1, -0.05) is 59.6 Å². The molecular weight excluding hydrogens is 551 g/mol. The van der Waals surface area contributed by atoms with Crippen LogP contribution in [0.1, 0.15) is 22.6 Å². The molecule has 6 rings (SSSR count). The maximum Gasteiger partial charge on any atom is 0.332 e. The first-order valence-corrected chi connectivity index (χ1v) is 13.2. The number of hydrogen-bond donors (Lipinski definition) is 1. The predicted molar refractivity (Wildman–Crippen MR) is 149 cm³/mol. The largest absolute Gasteiger partial charge is 0.332 e. The van der Waals surface area contributed by atoms with Crippen molar-refractivity contribution in [3.63, 3.8) is 0 Å². The lowest BCUT2D eigenvalue weighted by Gasteiger charge is -2.34. The zero-order valence-corrected chi connectivity index (χ0v) is 22.8. The molecule has 40 heavy (non-hydrogen) atoms. The summed E-state index contributed by atoms with van der Waals surface area (Å²) in [5, 5.41) is 24.3. The third-order valence-corrected chi connectivity index (χ3v) is 8.13. The molecule has 10 nitrogen and oxygen atoms in total. The van der Waals surface area contributed by atoms with Crippen LogP contribution in [0.2, 0.25) is 10.0 Å². The number of anilines is 1. The molecule has 12 heteroatoms. The average Bonchev–Trinajstić information content (AvgIpc) is 3.65. The first kappa shape index (κ1) is 26.0. The molecule has 4 aromatic rings. The second kappa shape index (κ2) is 10.0. The third-order valence-electron chi connectivity index (χ3n) is 7.69. The molecule has 3 heterocycles. The standard InChI is InChI=1S/C28H22Cl2N8O2/c1-36-27(40)38(22-11-20(29)10-21(30)12-22)26(39)28(36)16-37(15-24(28)18-8-6-17(13-31)7-9-18)14-19-4-2-3-5-23(19)25-32-34-35-33-25/h2-12,24H,14-16H2,1H3,(H,32,33,34,35)/t24-,28+/m0/s1. The summed E-state index contributed by atoms with van der Waals surface area (Å²) in [5.41, 5.74) is 2.29. The molecule has 0 unspecified atom stereocenters. The normalized spacial score (nSPS) is 21.0. The van der Waals surface area contributed by atoms with Gasteiger partial charge in [0.25, 0.3) is 5.91 Å². The first-order valence-electron chi connectivity index (χ1n) is 12.4. The van der Waals surface area contributed by atoms with Gasteiger partial charge in [0, 0.05) is 48.2 Å². The van der Waals surface area contributed by atoms with E-state index < -0.39 is 11.6 Å². The fraction of sp³-hybridized carbons (Fsp3) is 0.214. The molecule has 2 fully saturated rings. The van der Waals surface area contributed by atoms with Crippen molar-refractivity contribution in [2.24, 2.45) is 0 Å². The number of likely N-dealkylation sites (tertiary alicyclic amines) is 1. The highest BCUT2D eigenvalue weighted by Crippen LogP contribution is 2.47. The Labute approximate surface area is 239 Å². The Bertz CT molecular complexity index is 1630. The van der Waals surface area contributed by atoms with Crippen LogP contribution in [0.5, 0.6) is 0 Å². The van der Waals surface area contributed by atoms with Crippen LogP contribution in [0.3, 0.4) is 0 Å². The van der Waals surface area contributed by atoms with Crippen LogP contribution in [0.15, 0.2) is 66.7 Å². The SMILES string of the molecule is CN1C(=O)N(c2cc(Cl)cc(Cl)c2)C(=O)[C@]12CN(Cc1ccccc1-c1nnn[nH]1)C[C@H]2c1ccc(C#N)cc1. The van der Waals surface area contributed by atoms with Gasteiger partial charge in [-0.3, -0.25) is 9.69 Å². The molecule has 3 aromatic carbocycles. The monoisotopic (exact) mass is 572 g/mol. The Morgan fingerprint density at radius 3 is 2.48 bits per heavy atom. The van der Waals surface area contributed by atoms with Gasteiger partial charge in [0.1, 0.15) is 5.54 Å². The lowest BCUT2D eigenvalue weighted by Crippen LogP contribution is -2.53. The minimum atomic E-state index is -1.21. The second-order valence-electron chi connectivity index (χ2n) is 9.90. The number of likely N-dealkylation sites (N-methyl/N-ethyl adjacent to an activating group) is 1. The zero-order chi connectivity index (χ0) is 28.0. The molecule has 1 aromatic heterocycles. The van der Waals surface area contributed by atoms with E-state index in [0.717, 1.165) is 21.6 Å². The van der Waals surface area contributed by atoms with Gasteiger partial charge in [-0.2, -0.15) is 5.26 Å². The number of nitrogens with one attached hydrogen (secondary N) is 1. The number of aromatic amines is 1. The van der Waals surface area contributed by atoms with Crippen molar-refractivity contribution >= 4 is 40.8 Å². The topological polar surface area (TPSA) is 122 Å². The minimum Gasteiger partial charge on any atom is -0.310 e. The van der Waals surface area contributed by atoms with E-state index in [1.165, 1.54) is 4.90 Å². The lowest BCUT2D eigenvalue weighted by atomic mass is 9.80. The summed E-state index contributed by atoms with van der Waals surface area (Å²) in [6.45, 7) is 1.26. The minimum absolute atomic E-state index is 0.284. The van der Waals surface area contributed by atoms with E-state index in [4.69, 9.17) is 23.2 Å². The van der Waals surface area contributed by atoms with Crippen LogP contribution in [0.25, 0.3) is 11.4 Å². The summed E-state index contributed by atoms with van der Waals surface area (Å²) in [4.78, 5) is 32.9. The molecule has 0 saturated carbocycles. The van der Waals surface area contributed by atoms with E-state index >= 15 is 0 Å². The molecule has 2 atom stereocenters.